The lowest BCUT2D eigenvalue weighted by Crippen LogP contribution is -2.28. The Morgan fingerprint density at radius 1 is 1.25 bits per heavy atom. The minimum atomic E-state index is 0.335. The quantitative estimate of drug-likeness (QED) is 0.875. The van der Waals surface area contributed by atoms with Gasteiger partial charge in [-0.1, -0.05) is 24.3 Å². The largest absolute Gasteiger partial charge is 0.374 e. The van der Waals surface area contributed by atoms with E-state index in [2.05, 4.69) is 63.8 Å². The maximum Gasteiger partial charge on any atom is 0.175 e. The number of hydrogen-bond donors (Lipinski definition) is 1. The molecule has 1 aliphatic carbocycles. The van der Waals surface area contributed by atoms with E-state index >= 15 is 0 Å². The van der Waals surface area contributed by atoms with Crippen molar-refractivity contribution >= 4 is 5.69 Å². The van der Waals surface area contributed by atoms with Crippen molar-refractivity contribution in [2.45, 2.75) is 32.6 Å². The molecule has 5 heteroatoms. The zero-order chi connectivity index (χ0) is 14.0. The molecule has 106 valence electrons. The topological polar surface area (TPSA) is 57.7 Å². The van der Waals surface area contributed by atoms with Crippen LogP contribution < -0.4 is 4.90 Å². The standard InChI is InChI=1S/C15H21N5/c1-3-12-4-6-13(7-5-12)20(2)11-15(8-9-15)10-14-16-18-19-17-14/h4-7H,3,8-11H2,1-2H3,(H,16,17,18,19). The summed E-state index contributed by atoms with van der Waals surface area (Å²) in [6, 6.07) is 8.85. The molecule has 0 aliphatic heterocycles. The lowest BCUT2D eigenvalue weighted by Gasteiger charge is -2.25. The van der Waals surface area contributed by atoms with E-state index < -0.39 is 0 Å². The highest BCUT2D eigenvalue weighted by Crippen LogP contribution is 2.48. The number of anilines is 1. The van der Waals surface area contributed by atoms with Crippen LogP contribution in [0.15, 0.2) is 24.3 Å². The molecule has 20 heavy (non-hydrogen) atoms. The Labute approximate surface area is 119 Å². The molecular weight excluding hydrogens is 250 g/mol. The fraction of sp³-hybridized carbons (Fsp3) is 0.533. The third-order valence-corrected chi connectivity index (χ3v) is 4.24. The molecule has 3 rings (SSSR count). The van der Waals surface area contributed by atoms with Crippen molar-refractivity contribution in [3.63, 3.8) is 0 Å². The Morgan fingerprint density at radius 3 is 2.55 bits per heavy atom. The van der Waals surface area contributed by atoms with E-state index in [-0.39, 0.29) is 0 Å². The fourth-order valence-corrected chi connectivity index (χ4v) is 2.74. The van der Waals surface area contributed by atoms with Crippen molar-refractivity contribution in [2.75, 3.05) is 18.5 Å². The Morgan fingerprint density at radius 2 is 2.00 bits per heavy atom. The van der Waals surface area contributed by atoms with Crippen LogP contribution in [0.5, 0.6) is 0 Å². The lowest BCUT2D eigenvalue weighted by molar-refractivity contribution is 0.494. The Kier molecular flexibility index (Phi) is 3.42. The van der Waals surface area contributed by atoms with E-state index in [4.69, 9.17) is 0 Å². The van der Waals surface area contributed by atoms with Gasteiger partial charge in [0.25, 0.3) is 0 Å². The van der Waals surface area contributed by atoms with Crippen LogP contribution in [0.1, 0.15) is 31.2 Å². The van der Waals surface area contributed by atoms with Crippen molar-refractivity contribution < 1.29 is 0 Å². The molecule has 1 heterocycles. The molecule has 5 nitrogen and oxygen atoms in total. The van der Waals surface area contributed by atoms with Crippen LogP contribution >= 0.6 is 0 Å². The molecule has 0 radical (unpaired) electrons. The summed E-state index contributed by atoms with van der Waals surface area (Å²) in [6.45, 7) is 3.23. The number of nitrogens with one attached hydrogen (secondary N) is 1. The normalized spacial score (nSPS) is 16.1. The van der Waals surface area contributed by atoms with Crippen LogP contribution in [0.2, 0.25) is 0 Å². The second-order valence-corrected chi connectivity index (χ2v) is 5.88. The average Bonchev–Trinajstić information content (AvgIpc) is 3.01. The predicted octanol–water partition coefficient (Wildman–Crippen LogP) is 2.22. The summed E-state index contributed by atoms with van der Waals surface area (Å²) in [5, 5.41) is 14.3. The Hall–Kier alpha value is -1.91. The van der Waals surface area contributed by atoms with Crippen molar-refractivity contribution in [1.82, 2.24) is 20.6 Å². The predicted molar refractivity (Wildman–Crippen MR) is 78.6 cm³/mol. The van der Waals surface area contributed by atoms with E-state index in [1.165, 1.54) is 24.1 Å². The van der Waals surface area contributed by atoms with Gasteiger partial charge >= 0.3 is 0 Å². The average molecular weight is 271 g/mol. The zero-order valence-corrected chi connectivity index (χ0v) is 12.1. The van der Waals surface area contributed by atoms with Gasteiger partial charge in [-0.15, -0.1) is 10.2 Å². The molecule has 1 N–H and O–H groups in total. The van der Waals surface area contributed by atoms with Gasteiger partial charge in [-0.3, -0.25) is 0 Å². The van der Waals surface area contributed by atoms with Crippen molar-refractivity contribution in [1.29, 1.82) is 0 Å². The fourth-order valence-electron chi connectivity index (χ4n) is 2.74. The van der Waals surface area contributed by atoms with E-state index in [9.17, 15) is 0 Å². The highest BCUT2D eigenvalue weighted by Gasteiger charge is 2.44. The van der Waals surface area contributed by atoms with Gasteiger partial charge in [0, 0.05) is 25.7 Å². The van der Waals surface area contributed by atoms with E-state index in [0.29, 0.717) is 5.41 Å². The lowest BCUT2D eigenvalue weighted by atomic mass is 10.0. The molecular formula is C15H21N5. The Balaban J connectivity index is 1.64. The van der Waals surface area contributed by atoms with Gasteiger partial charge in [0.05, 0.1) is 0 Å². The SMILES string of the molecule is CCc1ccc(N(C)CC2(Cc3nn[nH]n3)CC2)cc1. The maximum atomic E-state index is 4.08. The molecule has 1 aliphatic rings. The minimum absolute atomic E-state index is 0.335. The summed E-state index contributed by atoms with van der Waals surface area (Å²) in [7, 11) is 2.16. The highest BCUT2D eigenvalue weighted by molar-refractivity contribution is 5.47. The third-order valence-electron chi connectivity index (χ3n) is 4.24. The van der Waals surface area contributed by atoms with Gasteiger partial charge in [0.2, 0.25) is 0 Å². The molecule has 0 unspecified atom stereocenters. The first-order valence-corrected chi connectivity index (χ1v) is 7.23. The Bertz CT molecular complexity index is 542. The molecule has 2 aromatic rings. The molecule has 1 aromatic heterocycles. The number of aryl methyl sites for hydroxylation is 1. The van der Waals surface area contributed by atoms with Crippen LogP contribution in [0.4, 0.5) is 5.69 Å². The minimum Gasteiger partial charge on any atom is -0.374 e. The zero-order valence-electron chi connectivity index (χ0n) is 12.1. The van der Waals surface area contributed by atoms with Crippen LogP contribution in [0.3, 0.4) is 0 Å². The van der Waals surface area contributed by atoms with E-state index in [1.807, 2.05) is 0 Å². The number of nitrogens with zero attached hydrogens (tertiary/aromatic N) is 4. The van der Waals surface area contributed by atoms with Gasteiger partial charge < -0.3 is 4.90 Å². The first-order valence-electron chi connectivity index (χ1n) is 7.23. The first-order chi connectivity index (χ1) is 9.71. The molecule has 0 saturated heterocycles. The van der Waals surface area contributed by atoms with E-state index in [1.54, 1.807) is 0 Å². The molecule has 1 saturated carbocycles. The molecule has 1 fully saturated rings. The number of tetrazole rings is 1. The van der Waals surface area contributed by atoms with Crippen molar-refractivity contribution in [3.8, 4) is 0 Å². The molecule has 1 aromatic carbocycles. The maximum absolute atomic E-state index is 4.08. The summed E-state index contributed by atoms with van der Waals surface area (Å²) in [6.07, 6.45) is 4.50. The van der Waals surface area contributed by atoms with Crippen LogP contribution in [-0.2, 0) is 12.8 Å². The summed E-state index contributed by atoms with van der Waals surface area (Å²) in [5.41, 5.74) is 3.00. The van der Waals surface area contributed by atoms with Gasteiger partial charge in [0.15, 0.2) is 5.82 Å². The number of H-pyrrole nitrogens is 1. The van der Waals surface area contributed by atoms with E-state index in [0.717, 1.165) is 25.2 Å². The first kappa shape index (κ1) is 13.1. The second-order valence-electron chi connectivity index (χ2n) is 5.88. The van der Waals surface area contributed by atoms with Crippen molar-refractivity contribution in [2.24, 2.45) is 5.41 Å². The number of benzene rings is 1. The summed E-state index contributed by atoms with van der Waals surface area (Å²) >= 11 is 0. The van der Waals surface area contributed by atoms with Crippen molar-refractivity contribution in [3.05, 3.63) is 35.7 Å². The number of aromatic amines is 1. The van der Waals surface area contributed by atoms with Gasteiger partial charge in [0.1, 0.15) is 0 Å². The second kappa shape index (κ2) is 5.23. The number of rotatable bonds is 6. The molecule has 0 atom stereocenters. The highest BCUT2D eigenvalue weighted by atomic mass is 15.5. The van der Waals surface area contributed by atoms with Crippen LogP contribution in [0.25, 0.3) is 0 Å². The number of hydrogen-bond acceptors (Lipinski definition) is 4. The van der Waals surface area contributed by atoms with Crippen LogP contribution in [-0.4, -0.2) is 34.2 Å². The monoisotopic (exact) mass is 271 g/mol. The summed E-state index contributed by atoms with van der Waals surface area (Å²) in [4.78, 5) is 2.34. The molecule has 0 amide bonds. The van der Waals surface area contributed by atoms with Crippen LogP contribution in [0, 0.1) is 5.41 Å². The number of aromatic nitrogens is 4. The van der Waals surface area contributed by atoms with Gasteiger partial charge in [-0.2, -0.15) is 5.21 Å². The molecule has 0 spiro atoms. The third kappa shape index (κ3) is 2.81. The van der Waals surface area contributed by atoms with Gasteiger partial charge in [-0.05, 0) is 42.4 Å². The smallest absolute Gasteiger partial charge is 0.175 e. The molecule has 0 bridgehead atoms. The summed E-state index contributed by atoms with van der Waals surface area (Å²) < 4.78 is 0. The van der Waals surface area contributed by atoms with Gasteiger partial charge in [-0.25, -0.2) is 0 Å². The summed E-state index contributed by atoms with van der Waals surface area (Å²) in [5.74, 6) is 0.831.